The molecule has 0 atom stereocenters. The molecule has 0 spiro atoms. The number of hydrogen-bond acceptors (Lipinski definition) is 0. The highest BCUT2D eigenvalue weighted by Crippen LogP contribution is 2.06. The zero-order valence-electron chi connectivity index (χ0n) is 7.68. The normalized spacial score (nSPS) is 9.33. The van der Waals surface area contributed by atoms with Gasteiger partial charge < -0.3 is 0 Å². The Morgan fingerprint density at radius 3 is 2.00 bits per heavy atom. The molecule has 68 valence electrons. The summed E-state index contributed by atoms with van der Waals surface area (Å²) in [5.41, 5.74) is 2.56. The fraction of sp³-hybridized carbons (Fsp3) is 0.500. The zero-order valence-corrected chi connectivity index (χ0v) is 7.68. The maximum Gasteiger partial charge on any atom is 0.258 e. The number of hydrogen-bond donors (Lipinski definition) is 0. The molecular weight excluding hydrogens is 148 g/mol. The first-order valence-electron chi connectivity index (χ1n) is 3.76. The minimum Gasteiger partial charge on any atom is -0.234 e. The monoisotopic (exact) mass is 167 g/mol. The summed E-state index contributed by atoms with van der Waals surface area (Å²) in [4.78, 5) is 0. The van der Waals surface area contributed by atoms with Crippen LogP contribution in [0.1, 0.15) is 24.6 Å². The standard InChI is InChI=1S/C9H15N2.CH4/c1-6-11-8(3)7(2)10(5)9(11)4;/h6H,1H2,2-5H3;1H4/q+1;. The lowest BCUT2D eigenvalue weighted by Gasteiger charge is -1.88. The molecule has 0 amide bonds. The molecule has 12 heavy (non-hydrogen) atoms. The van der Waals surface area contributed by atoms with Gasteiger partial charge in [-0.05, 0) is 0 Å². The van der Waals surface area contributed by atoms with Crippen molar-refractivity contribution in [3.63, 3.8) is 0 Å². The lowest BCUT2D eigenvalue weighted by molar-refractivity contribution is -0.682. The fourth-order valence-corrected chi connectivity index (χ4v) is 1.33. The van der Waals surface area contributed by atoms with E-state index in [0.29, 0.717) is 0 Å². The van der Waals surface area contributed by atoms with E-state index >= 15 is 0 Å². The number of nitrogens with zero attached hydrogens (tertiary/aromatic N) is 2. The number of imidazole rings is 1. The molecule has 0 unspecified atom stereocenters. The van der Waals surface area contributed by atoms with Crippen molar-refractivity contribution in [1.29, 1.82) is 0 Å². The second-order valence-corrected chi connectivity index (χ2v) is 2.83. The first kappa shape index (κ1) is 11.0. The van der Waals surface area contributed by atoms with Gasteiger partial charge in [-0.25, -0.2) is 9.13 Å². The van der Waals surface area contributed by atoms with Gasteiger partial charge in [0.25, 0.3) is 5.82 Å². The summed E-state index contributed by atoms with van der Waals surface area (Å²) >= 11 is 0. The summed E-state index contributed by atoms with van der Waals surface area (Å²) < 4.78 is 4.26. The Hall–Kier alpha value is -1.05. The Morgan fingerprint density at radius 1 is 1.33 bits per heavy atom. The van der Waals surface area contributed by atoms with Crippen molar-refractivity contribution < 1.29 is 4.57 Å². The van der Waals surface area contributed by atoms with Crippen molar-refractivity contribution in [3.8, 4) is 0 Å². The average Bonchev–Trinajstić information content (AvgIpc) is 2.17. The second-order valence-electron chi connectivity index (χ2n) is 2.83. The third-order valence-electron chi connectivity index (χ3n) is 2.40. The Kier molecular flexibility index (Phi) is 3.25. The SMILES string of the molecule is C.C=Cn1c(C)c(C)[n+](C)c1C. The van der Waals surface area contributed by atoms with Crippen LogP contribution in [0.2, 0.25) is 0 Å². The summed E-state index contributed by atoms with van der Waals surface area (Å²) in [6.45, 7) is 10.1. The van der Waals surface area contributed by atoms with Crippen molar-refractivity contribution >= 4 is 6.20 Å². The van der Waals surface area contributed by atoms with Gasteiger partial charge in [-0.2, -0.15) is 0 Å². The molecule has 0 aromatic carbocycles. The van der Waals surface area contributed by atoms with Crippen molar-refractivity contribution in [3.05, 3.63) is 23.8 Å². The molecule has 0 bridgehead atoms. The van der Waals surface area contributed by atoms with Gasteiger partial charge in [0.2, 0.25) is 0 Å². The summed E-state index contributed by atoms with van der Waals surface area (Å²) in [5, 5.41) is 0. The molecule has 1 rings (SSSR count). The number of aromatic nitrogens is 2. The lowest BCUT2D eigenvalue weighted by atomic mass is 10.4. The molecule has 0 aliphatic carbocycles. The molecule has 0 saturated carbocycles. The van der Waals surface area contributed by atoms with Crippen LogP contribution in [-0.2, 0) is 7.05 Å². The molecule has 0 saturated heterocycles. The lowest BCUT2D eigenvalue weighted by Crippen LogP contribution is -2.32. The molecule has 0 N–H and O–H groups in total. The Bertz CT molecular complexity index is 270. The maximum atomic E-state index is 3.76. The number of rotatable bonds is 1. The van der Waals surface area contributed by atoms with Gasteiger partial charge >= 0.3 is 0 Å². The van der Waals surface area contributed by atoms with Gasteiger partial charge in [0, 0.05) is 20.8 Å². The highest BCUT2D eigenvalue weighted by Gasteiger charge is 2.16. The Labute approximate surface area is 75.2 Å². The van der Waals surface area contributed by atoms with Crippen LogP contribution in [0, 0.1) is 20.8 Å². The van der Waals surface area contributed by atoms with Crippen molar-refractivity contribution in [2.45, 2.75) is 28.2 Å². The van der Waals surface area contributed by atoms with Crippen LogP contribution in [0.4, 0.5) is 0 Å². The molecule has 1 heterocycles. The summed E-state index contributed by atoms with van der Waals surface area (Å²) in [5.74, 6) is 1.22. The maximum absolute atomic E-state index is 3.76. The molecule has 1 aromatic heterocycles. The fourth-order valence-electron chi connectivity index (χ4n) is 1.33. The van der Waals surface area contributed by atoms with Gasteiger partial charge in [-0.15, -0.1) is 0 Å². The van der Waals surface area contributed by atoms with E-state index in [1.165, 1.54) is 17.2 Å². The van der Waals surface area contributed by atoms with Crippen LogP contribution in [-0.4, -0.2) is 4.57 Å². The third-order valence-corrected chi connectivity index (χ3v) is 2.40. The minimum atomic E-state index is 0. The van der Waals surface area contributed by atoms with Crippen LogP contribution in [0.5, 0.6) is 0 Å². The molecule has 0 aliphatic heterocycles. The van der Waals surface area contributed by atoms with Crippen molar-refractivity contribution in [2.24, 2.45) is 7.05 Å². The Morgan fingerprint density at radius 2 is 1.83 bits per heavy atom. The van der Waals surface area contributed by atoms with Crippen LogP contribution in [0.25, 0.3) is 6.20 Å². The summed E-state index contributed by atoms with van der Waals surface area (Å²) in [6.07, 6.45) is 1.84. The van der Waals surface area contributed by atoms with Gasteiger partial charge in [0.15, 0.2) is 0 Å². The van der Waals surface area contributed by atoms with E-state index in [1.807, 2.05) is 6.20 Å². The molecule has 1 aromatic rings. The first-order valence-corrected chi connectivity index (χ1v) is 3.76. The van der Waals surface area contributed by atoms with Crippen LogP contribution in [0.15, 0.2) is 6.58 Å². The predicted octanol–water partition coefficient (Wildman–Crippen LogP) is 1.97. The van der Waals surface area contributed by atoms with Crippen molar-refractivity contribution in [2.75, 3.05) is 0 Å². The van der Waals surface area contributed by atoms with Gasteiger partial charge in [-0.1, -0.05) is 14.0 Å². The van der Waals surface area contributed by atoms with Crippen LogP contribution >= 0.6 is 0 Å². The molecule has 2 heteroatoms. The highest BCUT2D eigenvalue weighted by atomic mass is 15.1. The van der Waals surface area contributed by atoms with E-state index in [0.717, 1.165) is 0 Å². The molecular formula is C10H19N2+. The average molecular weight is 167 g/mol. The van der Waals surface area contributed by atoms with E-state index in [4.69, 9.17) is 0 Å². The molecule has 2 nitrogen and oxygen atoms in total. The second kappa shape index (κ2) is 3.57. The van der Waals surface area contributed by atoms with Crippen LogP contribution in [0.3, 0.4) is 0 Å². The van der Waals surface area contributed by atoms with Gasteiger partial charge in [0.1, 0.15) is 11.4 Å². The van der Waals surface area contributed by atoms with Crippen molar-refractivity contribution in [1.82, 2.24) is 4.57 Å². The highest BCUT2D eigenvalue weighted by molar-refractivity contribution is 5.24. The largest absolute Gasteiger partial charge is 0.258 e. The van der Waals surface area contributed by atoms with Gasteiger partial charge in [-0.3, -0.25) is 0 Å². The first-order chi connectivity index (χ1) is 5.09. The molecule has 0 radical (unpaired) electrons. The third kappa shape index (κ3) is 1.29. The van der Waals surface area contributed by atoms with Gasteiger partial charge in [0.05, 0.1) is 13.2 Å². The van der Waals surface area contributed by atoms with E-state index in [2.05, 4.69) is 43.5 Å². The molecule has 0 fully saturated rings. The van der Waals surface area contributed by atoms with Crippen LogP contribution < -0.4 is 4.57 Å². The van der Waals surface area contributed by atoms with E-state index in [9.17, 15) is 0 Å². The Balaban J connectivity index is 0.00000121. The minimum absolute atomic E-state index is 0. The summed E-state index contributed by atoms with van der Waals surface area (Å²) in [6, 6.07) is 0. The molecule has 0 aliphatic rings. The summed E-state index contributed by atoms with van der Waals surface area (Å²) in [7, 11) is 2.07. The quantitative estimate of drug-likeness (QED) is 0.565. The van der Waals surface area contributed by atoms with E-state index < -0.39 is 0 Å². The predicted molar refractivity (Wildman–Crippen MR) is 52.9 cm³/mol. The topological polar surface area (TPSA) is 8.81 Å². The zero-order chi connectivity index (χ0) is 8.59. The van der Waals surface area contributed by atoms with E-state index in [-0.39, 0.29) is 7.43 Å². The van der Waals surface area contributed by atoms with E-state index in [1.54, 1.807) is 0 Å². The smallest absolute Gasteiger partial charge is 0.234 e.